The quantitative estimate of drug-likeness (QED) is 0.711. The first-order valence-corrected chi connectivity index (χ1v) is 5.04. The first kappa shape index (κ1) is 9.52. The van der Waals surface area contributed by atoms with Crippen molar-refractivity contribution >= 4 is 0 Å². The average molecular weight is 196 g/mol. The summed E-state index contributed by atoms with van der Waals surface area (Å²) in [6, 6.07) is 0.0506. The van der Waals surface area contributed by atoms with E-state index in [4.69, 9.17) is 0 Å². The Morgan fingerprint density at radius 3 is 2.50 bits per heavy atom. The molecule has 4 heteroatoms. The summed E-state index contributed by atoms with van der Waals surface area (Å²) in [7, 11) is 0. The zero-order valence-electron chi connectivity index (χ0n) is 8.56. The van der Waals surface area contributed by atoms with Gasteiger partial charge in [-0.25, -0.2) is 0 Å². The normalized spacial score (nSPS) is 27.1. The van der Waals surface area contributed by atoms with Crippen molar-refractivity contribution in [3.8, 4) is 5.75 Å². The highest BCUT2D eigenvalue weighted by atomic mass is 16.3. The Labute approximate surface area is 83.2 Å². The van der Waals surface area contributed by atoms with E-state index in [1.165, 1.54) is 0 Å². The highest BCUT2D eigenvalue weighted by Crippen LogP contribution is 2.33. The van der Waals surface area contributed by atoms with Crippen LogP contribution in [0.3, 0.4) is 0 Å². The molecular weight excluding hydrogens is 180 g/mol. The molecule has 1 aliphatic rings. The molecule has 0 aliphatic heterocycles. The largest absolute Gasteiger partial charge is 0.504 e. The van der Waals surface area contributed by atoms with Crippen molar-refractivity contribution in [2.24, 2.45) is 0 Å². The van der Waals surface area contributed by atoms with E-state index in [0.29, 0.717) is 5.69 Å². The molecule has 2 N–H and O–H groups in total. The van der Waals surface area contributed by atoms with Gasteiger partial charge in [-0.05, 0) is 33.1 Å². The zero-order chi connectivity index (χ0) is 10.3. The van der Waals surface area contributed by atoms with E-state index in [9.17, 15) is 10.2 Å². The fourth-order valence-electron chi connectivity index (χ4n) is 2.18. The van der Waals surface area contributed by atoms with Gasteiger partial charge in [-0.1, -0.05) is 0 Å². The second kappa shape index (κ2) is 3.28. The lowest BCUT2D eigenvalue weighted by atomic mass is 10.2. The van der Waals surface area contributed by atoms with E-state index >= 15 is 0 Å². The van der Waals surface area contributed by atoms with E-state index in [-0.39, 0.29) is 17.9 Å². The number of nitrogens with zero attached hydrogens (tertiary/aromatic N) is 2. The first-order chi connectivity index (χ1) is 6.61. The van der Waals surface area contributed by atoms with Crippen molar-refractivity contribution in [3.05, 3.63) is 11.4 Å². The minimum atomic E-state index is -0.313. The highest BCUT2D eigenvalue weighted by molar-refractivity contribution is 5.30. The molecule has 0 saturated heterocycles. The topological polar surface area (TPSA) is 58.3 Å². The van der Waals surface area contributed by atoms with Crippen LogP contribution in [-0.4, -0.2) is 26.1 Å². The van der Waals surface area contributed by atoms with Crippen molar-refractivity contribution in [2.45, 2.75) is 45.3 Å². The van der Waals surface area contributed by atoms with Gasteiger partial charge in [-0.2, -0.15) is 5.10 Å². The van der Waals surface area contributed by atoms with Crippen LogP contribution in [0.4, 0.5) is 0 Å². The summed E-state index contributed by atoms with van der Waals surface area (Å²) >= 11 is 0. The number of aliphatic hydroxyl groups excluding tert-OH is 1. The van der Waals surface area contributed by atoms with Crippen molar-refractivity contribution in [1.82, 2.24) is 9.78 Å². The van der Waals surface area contributed by atoms with Crippen LogP contribution in [0, 0.1) is 13.8 Å². The predicted molar refractivity (Wildman–Crippen MR) is 52.3 cm³/mol. The summed E-state index contributed by atoms with van der Waals surface area (Å²) in [4.78, 5) is 0. The second-order valence-electron chi connectivity index (χ2n) is 4.03. The van der Waals surface area contributed by atoms with Crippen LogP contribution in [-0.2, 0) is 0 Å². The van der Waals surface area contributed by atoms with Crippen LogP contribution >= 0.6 is 0 Å². The van der Waals surface area contributed by atoms with Gasteiger partial charge in [0.25, 0.3) is 0 Å². The molecule has 1 fully saturated rings. The molecule has 2 rings (SSSR count). The summed E-state index contributed by atoms with van der Waals surface area (Å²) in [5.41, 5.74) is 1.40. The number of rotatable bonds is 1. The summed E-state index contributed by atoms with van der Waals surface area (Å²) in [5.74, 6) is 0.254. The van der Waals surface area contributed by atoms with Crippen LogP contribution in [0.1, 0.15) is 36.7 Å². The van der Waals surface area contributed by atoms with Crippen LogP contribution in [0.15, 0.2) is 0 Å². The minimum absolute atomic E-state index is 0.0506. The molecule has 1 aliphatic carbocycles. The van der Waals surface area contributed by atoms with Gasteiger partial charge in [-0.15, -0.1) is 0 Å². The maximum atomic E-state index is 9.72. The van der Waals surface area contributed by atoms with Crippen molar-refractivity contribution < 1.29 is 10.2 Å². The van der Waals surface area contributed by atoms with Crippen LogP contribution in [0.2, 0.25) is 0 Å². The van der Waals surface area contributed by atoms with Gasteiger partial charge in [0.15, 0.2) is 5.75 Å². The van der Waals surface area contributed by atoms with Gasteiger partial charge in [0, 0.05) is 0 Å². The van der Waals surface area contributed by atoms with E-state index < -0.39 is 0 Å². The van der Waals surface area contributed by atoms with E-state index in [1.54, 1.807) is 11.6 Å². The summed E-state index contributed by atoms with van der Waals surface area (Å²) < 4.78 is 1.77. The SMILES string of the molecule is Cc1nn(C2CCCC2O)c(C)c1O. The third-order valence-corrected chi connectivity index (χ3v) is 3.04. The number of hydrogen-bond donors (Lipinski definition) is 2. The van der Waals surface area contributed by atoms with Crippen molar-refractivity contribution in [1.29, 1.82) is 0 Å². The predicted octanol–water partition coefficient (Wildman–Crippen LogP) is 1.29. The fourth-order valence-corrected chi connectivity index (χ4v) is 2.18. The smallest absolute Gasteiger partial charge is 0.159 e. The minimum Gasteiger partial charge on any atom is -0.504 e. The van der Waals surface area contributed by atoms with Gasteiger partial charge in [0.2, 0.25) is 0 Å². The zero-order valence-corrected chi connectivity index (χ0v) is 8.56. The number of hydrogen-bond acceptors (Lipinski definition) is 3. The molecule has 2 unspecified atom stereocenters. The Hall–Kier alpha value is -1.03. The Morgan fingerprint density at radius 2 is 2.07 bits per heavy atom. The summed E-state index contributed by atoms with van der Waals surface area (Å²) in [6.07, 6.45) is 2.50. The van der Waals surface area contributed by atoms with Crippen LogP contribution in [0.5, 0.6) is 5.75 Å². The number of aromatic hydroxyl groups is 1. The summed E-state index contributed by atoms with van der Waals surface area (Å²) in [6.45, 7) is 3.61. The number of aromatic nitrogens is 2. The molecule has 78 valence electrons. The maximum Gasteiger partial charge on any atom is 0.159 e. The summed E-state index contributed by atoms with van der Waals surface area (Å²) in [5, 5.41) is 23.6. The Balaban J connectivity index is 2.36. The van der Waals surface area contributed by atoms with Crippen LogP contribution in [0.25, 0.3) is 0 Å². The third-order valence-electron chi connectivity index (χ3n) is 3.04. The Morgan fingerprint density at radius 1 is 1.36 bits per heavy atom. The molecule has 1 saturated carbocycles. The molecule has 14 heavy (non-hydrogen) atoms. The molecule has 0 bridgehead atoms. The van der Waals surface area contributed by atoms with Crippen molar-refractivity contribution in [2.75, 3.05) is 0 Å². The van der Waals surface area contributed by atoms with E-state index in [0.717, 1.165) is 25.0 Å². The molecule has 1 aromatic rings. The van der Waals surface area contributed by atoms with Gasteiger partial charge < -0.3 is 10.2 Å². The lowest BCUT2D eigenvalue weighted by Crippen LogP contribution is -2.20. The van der Waals surface area contributed by atoms with Crippen molar-refractivity contribution in [3.63, 3.8) is 0 Å². The standard InChI is InChI=1S/C10H16N2O2/c1-6-10(14)7(2)12(11-6)8-4-3-5-9(8)13/h8-9,13-14H,3-5H2,1-2H3. The molecule has 0 amide bonds. The Kier molecular flexibility index (Phi) is 2.23. The van der Waals surface area contributed by atoms with Gasteiger partial charge in [0.05, 0.1) is 17.8 Å². The molecule has 0 spiro atoms. The lowest BCUT2D eigenvalue weighted by Gasteiger charge is -2.16. The molecule has 1 heterocycles. The first-order valence-electron chi connectivity index (χ1n) is 5.04. The number of aryl methyl sites for hydroxylation is 1. The third kappa shape index (κ3) is 1.30. The molecule has 4 nitrogen and oxygen atoms in total. The highest BCUT2D eigenvalue weighted by Gasteiger charge is 2.29. The Bertz CT molecular complexity index is 346. The maximum absolute atomic E-state index is 9.72. The van der Waals surface area contributed by atoms with Crippen LogP contribution < -0.4 is 0 Å². The van der Waals surface area contributed by atoms with Gasteiger partial charge in [0.1, 0.15) is 5.69 Å². The molecule has 1 aromatic heterocycles. The van der Waals surface area contributed by atoms with Gasteiger partial charge in [-0.3, -0.25) is 4.68 Å². The fraction of sp³-hybridized carbons (Fsp3) is 0.700. The molecular formula is C10H16N2O2. The van der Waals surface area contributed by atoms with E-state index in [1.807, 2.05) is 6.92 Å². The van der Waals surface area contributed by atoms with E-state index in [2.05, 4.69) is 5.10 Å². The molecule has 2 atom stereocenters. The lowest BCUT2D eigenvalue weighted by molar-refractivity contribution is 0.129. The van der Waals surface area contributed by atoms with Gasteiger partial charge >= 0.3 is 0 Å². The monoisotopic (exact) mass is 196 g/mol. The molecule has 0 aromatic carbocycles. The second-order valence-corrected chi connectivity index (χ2v) is 4.03. The number of aliphatic hydroxyl groups is 1. The molecule has 0 radical (unpaired) electrons. The average Bonchev–Trinajstić information content (AvgIpc) is 2.66.